The number of benzene rings is 2. The number of ether oxygens (including phenoxy) is 1. The van der Waals surface area contributed by atoms with E-state index in [1.807, 2.05) is 17.9 Å². The van der Waals surface area contributed by atoms with E-state index in [9.17, 15) is 10.1 Å². The highest BCUT2D eigenvalue weighted by atomic mass is 35.5. The molecule has 5 fully saturated rings. The number of amides is 1. The van der Waals surface area contributed by atoms with Crippen LogP contribution in [0.5, 0.6) is 5.88 Å². The Morgan fingerprint density at radius 1 is 1.17 bits per heavy atom. The zero-order valence-electron chi connectivity index (χ0n) is 28.5. The molecule has 5 aromatic rings. The summed E-state index contributed by atoms with van der Waals surface area (Å²) in [4.78, 5) is 25.3. The second-order valence-electron chi connectivity index (χ2n) is 14.6. The molecule has 6 heterocycles. The Balaban J connectivity index is 1.24. The zero-order chi connectivity index (χ0) is 35.8. The molecule has 2 bridgehead atoms. The van der Waals surface area contributed by atoms with Crippen molar-refractivity contribution in [2.75, 3.05) is 13.1 Å². The molecule has 1 amide bonds. The van der Waals surface area contributed by atoms with Gasteiger partial charge in [0.15, 0.2) is 5.82 Å². The Morgan fingerprint density at radius 2 is 2.02 bits per heavy atom. The van der Waals surface area contributed by atoms with Crippen LogP contribution in [0.3, 0.4) is 0 Å². The first-order valence-electron chi connectivity index (χ1n) is 17.9. The number of nitrogens with zero attached hydrogens (tertiary/aromatic N) is 5. The van der Waals surface area contributed by atoms with E-state index in [2.05, 4.69) is 32.9 Å². The molecule has 0 unspecified atom stereocenters. The van der Waals surface area contributed by atoms with E-state index in [-0.39, 0.29) is 53.0 Å². The van der Waals surface area contributed by atoms with E-state index in [0.717, 1.165) is 42.4 Å². The molecule has 2 aliphatic carbocycles. The molecule has 3 aromatic heterocycles. The minimum atomic E-state index is -0.494. The topological polar surface area (TPSA) is 96.1 Å². The maximum atomic E-state index is 17.2. The van der Waals surface area contributed by atoms with Crippen molar-refractivity contribution in [2.24, 2.45) is 11.8 Å². The van der Waals surface area contributed by atoms with Crippen LogP contribution >= 0.6 is 23.2 Å². The number of nitrogens with one attached hydrogen (secondary N) is 1. The number of halogens is 3. The first-order chi connectivity index (χ1) is 25.2. The first kappa shape index (κ1) is 33.2. The highest BCUT2D eigenvalue weighted by Crippen LogP contribution is 2.51. The summed E-state index contributed by atoms with van der Waals surface area (Å²) in [6.07, 6.45) is 10.8. The summed E-state index contributed by atoms with van der Waals surface area (Å²) < 4.78 is 26.0. The van der Waals surface area contributed by atoms with Crippen molar-refractivity contribution in [3.05, 3.63) is 87.0 Å². The highest BCUT2D eigenvalue weighted by molar-refractivity contribution is 6.43. The molecule has 3 aliphatic heterocycles. The monoisotopic (exact) mass is 732 g/mol. The van der Waals surface area contributed by atoms with Gasteiger partial charge in [0.1, 0.15) is 11.6 Å². The van der Waals surface area contributed by atoms with Crippen molar-refractivity contribution in [1.82, 2.24) is 24.8 Å². The van der Waals surface area contributed by atoms with E-state index in [1.165, 1.54) is 0 Å². The van der Waals surface area contributed by atoms with Crippen LogP contribution in [-0.4, -0.2) is 50.6 Å². The normalized spacial score (nSPS) is 23.5. The van der Waals surface area contributed by atoms with Crippen LogP contribution in [0.15, 0.2) is 48.7 Å². The minimum absolute atomic E-state index is 0.0198. The molecule has 1 N–H and O–H groups in total. The van der Waals surface area contributed by atoms with Crippen LogP contribution in [-0.2, 0) is 11.2 Å². The van der Waals surface area contributed by atoms with Gasteiger partial charge in [-0.1, -0.05) is 41.3 Å². The number of hydrogen-bond donors (Lipinski definition) is 1. The predicted molar refractivity (Wildman–Crippen MR) is 199 cm³/mol. The number of rotatable bonds is 8. The average molecular weight is 734 g/mol. The van der Waals surface area contributed by atoms with Gasteiger partial charge in [-0.15, -0.1) is 6.42 Å². The van der Waals surface area contributed by atoms with Crippen molar-refractivity contribution in [1.29, 1.82) is 5.26 Å². The number of aryl methyl sites for hydroxylation is 2. The quantitative estimate of drug-likeness (QED) is 0.162. The van der Waals surface area contributed by atoms with Crippen molar-refractivity contribution in [2.45, 2.75) is 69.7 Å². The fourth-order valence-electron chi connectivity index (χ4n) is 8.78. The Bertz CT molecular complexity index is 2360. The van der Waals surface area contributed by atoms with Gasteiger partial charge in [0.2, 0.25) is 11.8 Å². The molecular weight excluding hydrogens is 698 g/mol. The Kier molecular flexibility index (Phi) is 8.15. The van der Waals surface area contributed by atoms with Gasteiger partial charge < -0.3 is 19.5 Å². The lowest BCUT2D eigenvalue weighted by molar-refractivity contribution is -0.133. The Labute approximate surface area is 310 Å². The number of likely N-dealkylation sites (tertiary alicyclic amines) is 1. The Hall–Kier alpha value is -4.67. The summed E-state index contributed by atoms with van der Waals surface area (Å²) in [7, 11) is 0. The number of fused-ring (bicyclic) bond motifs is 4. The van der Waals surface area contributed by atoms with Crippen LogP contribution in [0.1, 0.15) is 66.7 Å². The smallest absolute Gasteiger partial charge is 0.226 e. The summed E-state index contributed by atoms with van der Waals surface area (Å²) in [5.41, 5.74) is 4.94. The molecular formula is C41H35Cl2FN6O2. The molecule has 5 atom stereocenters. The van der Waals surface area contributed by atoms with E-state index >= 15 is 4.39 Å². The standard InChI is InChI=1S/C41H35Cl2FN6O2/c1-3-22-9-12-34(47-18-22)52-26-16-32(49(20-26)41(51)23-10-11-23)33-17-28-21(2)48-38-29(40(28)50(33)39-25-15-31(39)46-19-25)14-24(6-5-13-45)35(37(38)44)27-7-4-8-30(42)36(27)43/h1,4,7-9,12,14,17-18,23,25-26,31-32,39,46H,5-6,10-11,15-16,19-20H2,2H3/t25-,26+,31-,32-,39+/m1/s1. The second kappa shape index (κ2) is 12.8. The lowest BCUT2D eigenvalue weighted by Gasteiger charge is -2.39. The molecule has 2 aromatic carbocycles. The van der Waals surface area contributed by atoms with Gasteiger partial charge in [0, 0.05) is 82.5 Å². The molecule has 0 radical (unpaired) electrons. The average Bonchev–Trinajstić information content (AvgIpc) is 3.43. The SMILES string of the molecule is C#Cc1ccc(O[C@H]2C[C@H](c3cc4c(C)nc5c(F)c(-c6cccc(Cl)c6Cl)c(CCC#N)cc5c4n3[C@H]3[C@H]4CN[C@@H]3C4)N(C(=O)C3CC3)C2)nc1. The zero-order valence-corrected chi connectivity index (χ0v) is 30.0. The van der Waals surface area contributed by atoms with Crippen LogP contribution in [0.2, 0.25) is 10.0 Å². The highest BCUT2D eigenvalue weighted by Gasteiger charge is 2.51. The molecule has 2 saturated carbocycles. The first-order valence-corrected chi connectivity index (χ1v) is 18.6. The summed E-state index contributed by atoms with van der Waals surface area (Å²) in [5.74, 6) is 3.12. The Morgan fingerprint density at radius 3 is 2.71 bits per heavy atom. The van der Waals surface area contributed by atoms with E-state index < -0.39 is 5.82 Å². The van der Waals surface area contributed by atoms with Gasteiger partial charge >= 0.3 is 0 Å². The maximum Gasteiger partial charge on any atom is 0.226 e. The van der Waals surface area contributed by atoms with Gasteiger partial charge in [-0.2, -0.15) is 5.26 Å². The third-order valence-corrected chi connectivity index (χ3v) is 12.3. The molecule has 3 saturated heterocycles. The number of aromatic nitrogens is 3. The number of terminal acetylenes is 1. The number of nitriles is 1. The van der Waals surface area contributed by atoms with Crippen molar-refractivity contribution < 1.29 is 13.9 Å². The van der Waals surface area contributed by atoms with Gasteiger partial charge in [-0.3, -0.25) is 4.79 Å². The fourth-order valence-corrected chi connectivity index (χ4v) is 9.17. The van der Waals surface area contributed by atoms with Crippen LogP contribution in [0, 0.1) is 48.3 Å². The second-order valence-corrected chi connectivity index (χ2v) is 15.4. The number of carbonyl (C=O) groups excluding carboxylic acids is 1. The summed E-state index contributed by atoms with van der Waals surface area (Å²) >= 11 is 13.1. The number of carbonyl (C=O) groups is 1. The molecule has 0 spiro atoms. The third-order valence-electron chi connectivity index (χ3n) is 11.4. The van der Waals surface area contributed by atoms with E-state index in [1.54, 1.807) is 36.5 Å². The summed E-state index contributed by atoms with van der Waals surface area (Å²) in [5, 5.41) is 15.5. The fraction of sp³-hybridized carbons (Fsp3) is 0.366. The minimum Gasteiger partial charge on any atom is -0.472 e. The predicted octanol–water partition coefficient (Wildman–Crippen LogP) is 8.11. The lowest BCUT2D eigenvalue weighted by atomic mass is 9.79. The number of hydrogen-bond acceptors (Lipinski definition) is 6. The summed E-state index contributed by atoms with van der Waals surface area (Å²) in [6, 6.07) is 15.2. The van der Waals surface area contributed by atoms with Gasteiger partial charge in [0.05, 0.1) is 40.3 Å². The number of pyridine rings is 2. The van der Waals surface area contributed by atoms with E-state index in [0.29, 0.717) is 69.5 Å². The third kappa shape index (κ3) is 5.33. The largest absolute Gasteiger partial charge is 0.472 e. The van der Waals surface area contributed by atoms with Crippen LogP contribution < -0.4 is 10.1 Å². The molecule has 262 valence electrons. The molecule has 10 rings (SSSR count). The van der Waals surface area contributed by atoms with E-state index in [4.69, 9.17) is 39.3 Å². The molecule has 11 heteroatoms. The van der Waals surface area contributed by atoms with Gasteiger partial charge in [0.25, 0.3) is 0 Å². The van der Waals surface area contributed by atoms with Crippen molar-refractivity contribution in [3.8, 4) is 35.4 Å². The van der Waals surface area contributed by atoms with Crippen LogP contribution in [0.4, 0.5) is 4.39 Å². The molecule has 52 heavy (non-hydrogen) atoms. The van der Waals surface area contributed by atoms with Gasteiger partial charge in [-0.25, -0.2) is 14.4 Å². The van der Waals surface area contributed by atoms with Gasteiger partial charge in [-0.05, 0) is 68.4 Å². The maximum absolute atomic E-state index is 17.2. The molecule has 5 aliphatic rings. The molecule has 8 nitrogen and oxygen atoms in total. The summed E-state index contributed by atoms with van der Waals surface area (Å²) in [6.45, 7) is 3.25. The van der Waals surface area contributed by atoms with Crippen LogP contribution in [0.25, 0.3) is 32.9 Å². The van der Waals surface area contributed by atoms with Crippen molar-refractivity contribution in [3.63, 3.8) is 0 Å². The lowest BCUT2D eigenvalue weighted by Crippen LogP contribution is -2.41. The van der Waals surface area contributed by atoms with Crippen molar-refractivity contribution >= 4 is 50.9 Å².